The number of halogens is 7. The molecule has 3 rings (SSSR count). The first-order valence-electron chi connectivity index (χ1n) is 11.2. The van der Waals surface area contributed by atoms with Crippen LogP contribution >= 0.6 is 0 Å². The van der Waals surface area contributed by atoms with Crippen molar-refractivity contribution in [1.29, 1.82) is 0 Å². The van der Waals surface area contributed by atoms with Crippen molar-refractivity contribution < 1.29 is 40.6 Å². The fraction of sp³-hybridized carbons (Fsp3) is 0.480. The molecule has 3 atom stereocenters. The van der Waals surface area contributed by atoms with Gasteiger partial charge in [0.1, 0.15) is 12.1 Å². The average molecular weight is 507 g/mol. The van der Waals surface area contributed by atoms with E-state index in [1.165, 1.54) is 18.4 Å². The van der Waals surface area contributed by atoms with Gasteiger partial charge in [-0.05, 0) is 79.6 Å². The molecular weight excluding hydrogens is 479 g/mol. The SMILES string of the molecule is CN[C@H](CCC=O)C1CCCC1c1ccc(F)cc1.OCc1cc(C(F)(F)F)cc(C(F)(F)F)c1. The minimum atomic E-state index is -4.87. The third-order valence-corrected chi connectivity index (χ3v) is 6.18. The zero-order chi connectivity index (χ0) is 26.2. The molecule has 2 aromatic carbocycles. The highest BCUT2D eigenvalue weighted by atomic mass is 19.4. The second-order valence-corrected chi connectivity index (χ2v) is 8.46. The highest BCUT2D eigenvalue weighted by Crippen LogP contribution is 2.42. The van der Waals surface area contributed by atoms with Gasteiger partial charge < -0.3 is 15.2 Å². The molecule has 1 saturated carbocycles. The third kappa shape index (κ3) is 8.31. The zero-order valence-corrected chi connectivity index (χ0v) is 19.1. The second kappa shape index (κ2) is 12.5. The van der Waals surface area contributed by atoms with Crippen molar-refractivity contribution in [2.45, 2.75) is 63.0 Å². The molecule has 0 bridgehead atoms. The van der Waals surface area contributed by atoms with Crippen molar-refractivity contribution in [1.82, 2.24) is 5.32 Å². The van der Waals surface area contributed by atoms with Crippen LogP contribution in [-0.4, -0.2) is 24.5 Å². The Morgan fingerprint density at radius 3 is 2.03 bits per heavy atom. The van der Waals surface area contributed by atoms with Gasteiger partial charge in [0.2, 0.25) is 0 Å². The lowest BCUT2D eigenvalue weighted by atomic mass is 9.82. The number of carbonyl (C=O) groups is 1. The normalized spacial score (nSPS) is 19.1. The molecule has 0 radical (unpaired) electrons. The quantitative estimate of drug-likeness (QED) is 0.333. The maximum absolute atomic E-state index is 13.0. The summed E-state index contributed by atoms with van der Waals surface area (Å²) >= 11 is 0. The van der Waals surface area contributed by atoms with E-state index in [1.54, 1.807) is 12.1 Å². The van der Waals surface area contributed by atoms with Gasteiger partial charge in [-0.3, -0.25) is 0 Å². The van der Waals surface area contributed by atoms with Crippen LogP contribution in [0.25, 0.3) is 0 Å². The molecule has 2 unspecified atom stereocenters. The van der Waals surface area contributed by atoms with E-state index in [9.17, 15) is 35.5 Å². The summed E-state index contributed by atoms with van der Waals surface area (Å²) in [5.41, 5.74) is -2.05. The maximum atomic E-state index is 13.0. The van der Waals surface area contributed by atoms with Crippen LogP contribution in [0.15, 0.2) is 42.5 Å². The molecule has 10 heteroatoms. The molecule has 0 spiro atoms. The number of aliphatic hydroxyl groups is 1. The van der Waals surface area contributed by atoms with E-state index in [2.05, 4.69) is 5.32 Å². The van der Waals surface area contributed by atoms with E-state index >= 15 is 0 Å². The topological polar surface area (TPSA) is 49.3 Å². The summed E-state index contributed by atoms with van der Waals surface area (Å²) < 4.78 is 86.4. The third-order valence-electron chi connectivity index (χ3n) is 6.18. The first-order valence-corrected chi connectivity index (χ1v) is 11.2. The summed E-state index contributed by atoms with van der Waals surface area (Å²) in [7, 11) is 1.97. The van der Waals surface area contributed by atoms with Crippen molar-refractivity contribution in [3.63, 3.8) is 0 Å². The number of nitrogens with one attached hydrogen (secondary N) is 1. The summed E-state index contributed by atoms with van der Waals surface area (Å²) in [6.45, 7) is -0.882. The van der Waals surface area contributed by atoms with Gasteiger partial charge in [0, 0.05) is 12.5 Å². The lowest BCUT2D eigenvalue weighted by Crippen LogP contribution is -2.35. The molecule has 2 aromatic rings. The number of aldehydes is 1. The summed E-state index contributed by atoms with van der Waals surface area (Å²) in [6.07, 6.45) is -3.68. The maximum Gasteiger partial charge on any atom is 0.416 e. The Kier molecular flexibility index (Phi) is 10.3. The minimum Gasteiger partial charge on any atom is -0.392 e. The van der Waals surface area contributed by atoms with Gasteiger partial charge in [0.05, 0.1) is 17.7 Å². The van der Waals surface area contributed by atoms with Gasteiger partial charge in [-0.1, -0.05) is 18.6 Å². The number of benzene rings is 2. The Hall–Kier alpha value is -2.46. The number of hydrogen-bond acceptors (Lipinski definition) is 3. The average Bonchev–Trinajstić information content (AvgIpc) is 3.29. The molecule has 2 N–H and O–H groups in total. The van der Waals surface area contributed by atoms with Crippen molar-refractivity contribution in [3.8, 4) is 0 Å². The number of alkyl halides is 6. The molecule has 3 nitrogen and oxygen atoms in total. The second-order valence-electron chi connectivity index (χ2n) is 8.46. The smallest absolute Gasteiger partial charge is 0.392 e. The standard InChI is InChI=1S/C16H22FNO.C9H6F6O/c1-18-16(6-3-11-19)15-5-2-4-14(15)12-7-9-13(17)10-8-12;10-8(11,12)6-1-5(4-16)2-7(3-6)9(13,14)15/h7-11,14-16,18H,2-6H2,1H3;1-3,16H,4H2/t14?,15?,16-;/m1./s1. The predicted octanol–water partition coefficient (Wildman–Crippen LogP) is 6.49. The van der Waals surface area contributed by atoms with Crippen LogP contribution in [0.5, 0.6) is 0 Å². The molecule has 0 saturated heterocycles. The summed E-state index contributed by atoms with van der Waals surface area (Å²) in [6, 6.07) is 8.26. The lowest BCUT2D eigenvalue weighted by molar-refractivity contribution is -0.143. The number of aliphatic hydroxyl groups excluding tert-OH is 1. The van der Waals surface area contributed by atoms with Crippen molar-refractivity contribution in [3.05, 3.63) is 70.5 Å². The highest BCUT2D eigenvalue weighted by molar-refractivity contribution is 5.49. The van der Waals surface area contributed by atoms with Crippen LogP contribution in [0.1, 0.15) is 60.3 Å². The minimum absolute atomic E-state index is 0.0131. The molecule has 1 aliphatic rings. The van der Waals surface area contributed by atoms with Crippen molar-refractivity contribution >= 4 is 6.29 Å². The van der Waals surface area contributed by atoms with Crippen LogP contribution in [-0.2, 0) is 23.8 Å². The van der Waals surface area contributed by atoms with Gasteiger partial charge >= 0.3 is 12.4 Å². The number of rotatable bonds is 7. The Morgan fingerprint density at radius 1 is 1.00 bits per heavy atom. The molecule has 0 heterocycles. The largest absolute Gasteiger partial charge is 0.416 e. The van der Waals surface area contributed by atoms with E-state index in [1.807, 2.05) is 19.2 Å². The van der Waals surface area contributed by atoms with Gasteiger partial charge in [-0.15, -0.1) is 0 Å². The Morgan fingerprint density at radius 2 is 1.57 bits per heavy atom. The van der Waals surface area contributed by atoms with E-state index < -0.39 is 35.6 Å². The molecule has 35 heavy (non-hydrogen) atoms. The van der Waals surface area contributed by atoms with Gasteiger partial charge in [-0.25, -0.2) is 4.39 Å². The van der Waals surface area contributed by atoms with Crippen molar-refractivity contribution in [2.24, 2.45) is 5.92 Å². The molecule has 1 aliphatic carbocycles. The predicted molar refractivity (Wildman–Crippen MR) is 117 cm³/mol. The number of carbonyl (C=O) groups excluding carboxylic acids is 1. The molecule has 194 valence electrons. The van der Waals surface area contributed by atoms with Gasteiger partial charge in [-0.2, -0.15) is 26.3 Å². The Labute approximate surface area is 199 Å². The fourth-order valence-electron chi connectivity index (χ4n) is 4.52. The van der Waals surface area contributed by atoms with Crippen molar-refractivity contribution in [2.75, 3.05) is 7.05 Å². The van der Waals surface area contributed by atoms with Crippen LogP contribution in [0.4, 0.5) is 30.7 Å². The Bertz CT molecular complexity index is 910. The van der Waals surface area contributed by atoms with Crippen LogP contribution in [0.2, 0.25) is 0 Å². The van der Waals surface area contributed by atoms with Gasteiger partial charge in [0.25, 0.3) is 0 Å². The van der Waals surface area contributed by atoms with Crippen LogP contribution in [0.3, 0.4) is 0 Å². The summed E-state index contributed by atoms with van der Waals surface area (Å²) in [5, 5.41) is 11.9. The molecule has 0 amide bonds. The lowest BCUT2D eigenvalue weighted by Gasteiger charge is -2.28. The zero-order valence-electron chi connectivity index (χ0n) is 19.1. The molecule has 0 aromatic heterocycles. The van der Waals surface area contributed by atoms with Gasteiger partial charge in [0.15, 0.2) is 0 Å². The summed E-state index contributed by atoms with van der Waals surface area (Å²) in [5.74, 6) is 0.865. The van der Waals surface area contributed by atoms with Crippen LogP contribution in [0, 0.1) is 11.7 Å². The van der Waals surface area contributed by atoms with E-state index in [-0.39, 0.29) is 11.9 Å². The van der Waals surface area contributed by atoms with E-state index in [4.69, 9.17) is 5.11 Å². The molecule has 0 aliphatic heterocycles. The van der Waals surface area contributed by atoms with E-state index in [0.717, 1.165) is 19.1 Å². The number of hydrogen-bond donors (Lipinski definition) is 2. The van der Waals surface area contributed by atoms with E-state index in [0.29, 0.717) is 36.4 Å². The monoisotopic (exact) mass is 507 g/mol. The highest BCUT2D eigenvalue weighted by Gasteiger charge is 2.37. The molecular formula is C25H28F7NO2. The summed E-state index contributed by atoms with van der Waals surface area (Å²) in [4.78, 5) is 10.6. The molecule has 1 fully saturated rings. The van der Waals surface area contributed by atoms with Crippen LogP contribution < -0.4 is 5.32 Å². The Balaban J connectivity index is 0.000000251. The fourth-order valence-corrected chi connectivity index (χ4v) is 4.52. The first kappa shape index (κ1) is 28.8. The first-order chi connectivity index (χ1) is 16.4.